The lowest BCUT2D eigenvalue weighted by atomic mass is 10.0. The Morgan fingerprint density at radius 2 is 1.85 bits per heavy atom. The van der Waals surface area contributed by atoms with E-state index in [0.717, 1.165) is 38.1 Å². The molecule has 2 aromatic rings. The summed E-state index contributed by atoms with van der Waals surface area (Å²) in [5.74, 6) is 0.833. The highest BCUT2D eigenvalue weighted by atomic mass is 32.2. The SMILES string of the molecule is COc1ccc2c(c1)S/C(=C\C1=CC(=C(C#N)C#N)c3ccccc31)N2C. The van der Waals surface area contributed by atoms with Crippen LogP contribution in [-0.2, 0) is 0 Å². The average Bonchev–Trinajstić information content (AvgIpc) is 3.21. The van der Waals surface area contributed by atoms with Crippen LogP contribution in [0.15, 0.2) is 70.1 Å². The first kappa shape index (κ1) is 17.0. The summed E-state index contributed by atoms with van der Waals surface area (Å²) < 4.78 is 5.32. The van der Waals surface area contributed by atoms with Crippen LogP contribution in [0.3, 0.4) is 0 Å². The molecule has 2 aromatic carbocycles. The van der Waals surface area contributed by atoms with E-state index in [2.05, 4.69) is 11.0 Å². The third-order valence-corrected chi connectivity index (χ3v) is 5.82. The maximum absolute atomic E-state index is 9.29. The molecule has 0 atom stereocenters. The molecule has 0 bridgehead atoms. The Hall–Kier alpha value is -3.41. The first-order valence-corrected chi connectivity index (χ1v) is 9.15. The van der Waals surface area contributed by atoms with Crippen molar-refractivity contribution in [1.82, 2.24) is 0 Å². The molecule has 0 spiro atoms. The van der Waals surface area contributed by atoms with Gasteiger partial charge in [0.1, 0.15) is 23.5 Å². The monoisotopic (exact) mass is 369 g/mol. The standard InChI is InChI=1S/C22H15N3OS/c1-25-20-8-7-16(26-2)11-21(20)27-22(25)10-14-9-19(15(12-23)13-24)18-6-4-3-5-17(14)18/h3-11H,1-2H3/b22-10-. The van der Waals surface area contributed by atoms with Crippen molar-refractivity contribution in [3.05, 3.63) is 76.3 Å². The Morgan fingerprint density at radius 3 is 2.56 bits per heavy atom. The van der Waals surface area contributed by atoms with Gasteiger partial charge in [-0.25, -0.2) is 0 Å². The summed E-state index contributed by atoms with van der Waals surface area (Å²) in [6, 6.07) is 17.9. The van der Waals surface area contributed by atoms with Gasteiger partial charge in [0.05, 0.1) is 17.8 Å². The molecule has 4 rings (SSSR count). The molecular weight excluding hydrogens is 354 g/mol. The lowest BCUT2D eigenvalue weighted by Crippen LogP contribution is -2.09. The van der Waals surface area contributed by atoms with Crippen molar-refractivity contribution in [1.29, 1.82) is 10.5 Å². The Kier molecular flexibility index (Phi) is 4.24. The van der Waals surface area contributed by atoms with E-state index in [1.165, 1.54) is 0 Å². The summed E-state index contributed by atoms with van der Waals surface area (Å²) in [4.78, 5) is 3.28. The summed E-state index contributed by atoms with van der Waals surface area (Å²) >= 11 is 1.68. The molecule has 0 saturated heterocycles. The third kappa shape index (κ3) is 2.79. The quantitative estimate of drug-likeness (QED) is 0.699. The lowest BCUT2D eigenvalue weighted by Gasteiger charge is -2.14. The molecule has 0 aromatic heterocycles. The zero-order valence-corrected chi connectivity index (χ0v) is 15.7. The number of hydrogen-bond acceptors (Lipinski definition) is 5. The van der Waals surface area contributed by atoms with Crippen molar-refractivity contribution in [2.75, 3.05) is 19.1 Å². The molecule has 4 nitrogen and oxygen atoms in total. The minimum atomic E-state index is 0.135. The van der Waals surface area contributed by atoms with Crippen LogP contribution in [0.4, 0.5) is 5.69 Å². The Labute approximate surface area is 162 Å². The number of rotatable bonds is 2. The molecule has 0 fully saturated rings. The molecule has 1 aliphatic heterocycles. The van der Waals surface area contributed by atoms with Gasteiger partial charge in [0.15, 0.2) is 0 Å². The molecule has 0 saturated carbocycles. The maximum Gasteiger partial charge on any atom is 0.137 e. The number of anilines is 1. The fourth-order valence-electron chi connectivity index (χ4n) is 3.29. The van der Waals surface area contributed by atoms with Gasteiger partial charge in [0.25, 0.3) is 0 Å². The van der Waals surface area contributed by atoms with Gasteiger partial charge in [0, 0.05) is 17.5 Å². The van der Waals surface area contributed by atoms with E-state index >= 15 is 0 Å². The molecule has 1 aliphatic carbocycles. The summed E-state index contributed by atoms with van der Waals surface area (Å²) in [7, 11) is 3.70. The van der Waals surface area contributed by atoms with Gasteiger partial charge >= 0.3 is 0 Å². The van der Waals surface area contributed by atoms with Crippen molar-refractivity contribution >= 4 is 28.6 Å². The van der Waals surface area contributed by atoms with Crippen LogP contribution < -0.4 is 9.64 Å². The van der Waals surface area contributed by atoms with Crippen molar-refractivity contribution in [2.45, 2.75) is 4.90 Å². The van der Waals surface area contributed by atoms with Crippen LogP contribution in [0.1, 0.15) is 11.1 Å². The van der Waals surface area contributed by atoms with E-state index in [1.807, 2.05) is 67.7 Å². The largest absolute Gasteiger partial charge is 0.497 e. The summed E-state index contributed by atoms with van der Waals surface area (Å²) in [6.45, 7) is 0. The number of allylic oxidation sites excluding steroid dienone is 5. The highest BCUT2D eigenvalue weighted by Crippen LogP contribution is 2.48. The number of fused-ring (bicyclic) bond motifs is 2. The van der Waals surface area contributed by atoms with Crippen LogP contribution in [-0.4, -0.2) is 14.2 Å². The predicted molar refractivity (Wildman–Crippen MR) is 108 cm³/mol. The van der Waals surface area contributed by atoms with Crippen molar-refractivity contribution < 1.29 is 4.74 Å². The molecule has 0 radical (unpaired) electrons. The molecule has 0 amide bonds. The van der Waals surface area contributed by atoms with Crippen molar-refractivity contribution in [2.24, 2.45) is 0 Å². The van der Waals surface area contributed by atoms with E-state index in [-0.39, 0.29) is 5.57 Å². The van der Waals surface area contributed by atoms with Crippen molar-refractivity contribution in [3.8, 4) is 17.9 Å². The Bertz CT molecular complexity index is 1110. The van der Waals surface area contributed by atoms with Gasteiger partial charge in [-0.2, -0.15) is 10.5 Å². The van der Waals surface area contributed by atoms with Gasteiger partial charge in [-0.3, -0.25) is 0 Å². The van der Waals surface area contributed by atoms with Gasteiger partial charge in [-0.1, -0.05) is 36.0 Å². The molecule has 27 heavy (non-hydrogen) atoms. The second-order valence-electron chi connectivity index (χ2n) is 6.13. The second-order valence-corrected chi connectivity index (χ2v) is 7.20. The highest BCUT2D eigenvalue weighted by Gasteiger charge is 2.25. The number of hydrogen-bond donors (Lipinski definition) is 0. The van der Waals surface area contributed by atoms with Gasteiger partial charge in [0.2, 0.25) is 0 Å². The van der Waals surface area contributed by atoms with Crippen LogP contribution in [0.2, 0.25) is 0 Å². The normalized spacial score (nSPS) is 15.7. The van der Waals surface area contributed by atoms with Crippen LogP contribution in [0.25, 0.3) is 11.1 Å². The fourth-order valence-corrected chi connectivity index (χ4v) is 4.42. The van der Waals surface area contributed by atoms with E-state index in [1.54, 1.807) is 18.9 Å². The van der Waals surface area contributed by atoms with E-state index < -0.39 is 0 Å². The van der Waals surface area contributed by atoms with Crippen LogP contribution in [0, 0.1) is 22.7 Å². The van der Waals surface area contributed by atoms with Gasteiger partial charge < -0.3 is 9.64 Å². The predicted octanol–water partition coefficient (Wildman–Crippen LogP) is 4.98. The minimum absolute atomic E-state index is 0.135. The summed E-state index contributed by atoms with van der Waals surface area (Å²) in [5.41, 5.74) is 4.91. The molecule has 130 valence electrons. The lowest BCUT2D eigenvalue weighted by molar-refractivity contribution is 0.414. The van der Waals surface area contributed by atoms with E-state index in [0.29, 0.717) is 5.57 Å². The molecular formula is C22H15N3OS. The van der Waals surface area contributed by atoms with Crippen LogP contribution >= 0.6 is 11.8 Å². The third-order valence-electron chi connectivity index (χ3n) is 4.67. The summed E-state index contributed by atoms with van der Waals surface area (Å²) in [5, 5.41) is 19.7. The van der Waals surface area contributed by atoms with Gasteiger partial charge in [-0.15, -0.1) is 0 Å². The van der Waals surface area contributed by atoms with Gasteiger partial charge in [-0.05, 0) is 47.1 Å². The number of nitrogens with zero attached hydrogens (tertiary/aromatic N) is 3. The topological polar surface area (TPSA) is 60.0 Å². The molecule has 5 heteroatoms. The van der Waals surface area contributed by atoms with E-state index in [9.17, 15) is 10.5 Å². The van der Waals surface area contributed by atoms with Crippen molar-refractivity contribution in [3.63, 3.8) is 0 Å². The molecule has 2 aliphatic rings. The Morgan fingerprint density at radius 1 is 1.11 bits per heavy atom. The fraction of sp³-hybridized carbons (Fsp3) is 0.0909. The molecule has 1 heterocycles. The second kappa shape index (κ2) is 6.72. The van der Waals surface area contributed by atoms with Crippen LogP contribution in [0.5, 0.6) is 5.75 Å². The number of thioether (sulfide) groups is 1. The smallest absolute Gasteiger partial charge is 0.137 e. The number of methoxy groups -OCH3 is 1. The first-order valence-electron chi connectivity index (χ1n) is 8.33. The number of nitriles is 2. The highest BCUT2D eigenvalue weighted by molar-refractivity contribution is 8.03. The van der Waals surface area contributed by atoms with E-state index in [4.69, 9.17) is 4.74 Å². The summed E-state index contributed by atoms with van der Waals surface area (Å²) in [6.07, 6.45) is 4.03. The number of ether oxygens (including phenoxy) is 1. The Balaban J connectivity index is 1.79. The maximum atomic E-state index is 9.29. The number of benzene rings is 2. The first-order chi connectivity index (χ1) is 13.2. The average molecular weight is 369 g/mol. The molecule has 0 unspecified atom stereocenters. The zero-order chi connectivity index (χ0) is 19.0. The zero-order valence-electron chi connectivity index (χ0n) is 14.9. The minimum Gasteiger partial charge on any atom is -0.497 e. The molecule has 0 N–H and O–H groups in total.